The minimum atomic E-state index is 0.746. The Morgan fingerprint density at radius 1 is 0.242 bits per heavy atom. The fraction of sp³-hybridized carbons (Fsp3) is 0. The van der Waals surface area contributed by atoms with Crippen molar-refractivity contribution in [2.75, 3.05) is 9.80 Å². The number of hydrogen-bond acceptors (Lipinski definition) is 4. The predicted molar refractivity (Wildman–Crippen MR) is 278 cm³/mol. The molecule has 0 amide bonds. The van der Waals surface area contributed by atoms with E-state index in [1.807, 2.05) is 0 Å². The summed E-state index contributed by atoms with van der Waals surface area (Å²) in [6.45, 7) is 0. The summed E-state index contributed by atoms with van der Waals surface area (Å²) in [6.07, 6.45) is 0. The van der Waals surface area contributed by atoms with Gasteiger partial charge in [0.15, 0.2) is 11.2 Å². The van der Waals surface area contributed by atoms with E-state index in [0.717, 1.165) is 88.8 Å². The highest BCUT2D eigenvalue weighted by molar-refractivity contribution is 6.33. The summed E-state index contributed by atoms with van der Waals surface area (Å²) in [6, 6.07) is 82.6. The molecule has 0 saturated carbocycles. The maximum atomic E-state index is 7.12. The topological polar surface area (TPSA) is 32.8 Å². The highest BCUT2D eigenvalue weighted by Crippen LogP contribution is 2.49. The molecule has 0 unspecified atom stereocenters. The van der Waals surface area contributed by atoms with E-state index in [9.17, 15) is 0 Å². The van der Waals surface area contributed by atoms with Gasteiger partial charge in [-0.15, -0.1) is 0 Å². The molecule has 0 N–H and O–H groups in total. The fourth-order valence-electron chi connectivity index (χ4n) is 10.7. The van der Waals surface area contributed by atoms with Crippen molar-refractivity contribution in [1.29, 1.82) is 0 Å². The SMILES string of the molecule is c1ccc2c(N(c3ccc4c(c3)oc3c5oc6cc(N(c7cccc8ccccc78)c7cccc8ccccc78)ccc6c5c5ccccc5c43)c3cccc4ccccc34)cccc2c1. The van der Waals surface area contributed by atoms with Gasteiger partial charge in [-0.05, 0) is 80.8 Å². The lowest BCUT2D eigenvalue weighted by molar-refractivity contribution is 0.633. The lowest BCUT2D eigenvalue weighted by atomic mass is 9.98. The van der Waals surface area contributed by atoms with E-state index in [1.54, 1.807) is 0 Å². The Kier molecular flexibility index (Phi) is 7.95. The summed E-state index contributed by atoms with van der Waals surface area (Å²) in [5, 5.41) is 15.9. The van der Waals surface area contributed by atoms with Crippen LogP contribution in [-0.4, -0.2) is 0 Å². The second-order valence-corrected chi connectivity index (χ2v) is 17.2. The lowest BCUT2D eigenvalue weighted by Gasteiger charge is -2.28. The number of fused-ring (bicyclic) bond motifs is 14. The first-order valence-electron chi connectivity index (χ1n) is 22.5. The van der Waals surface area contributed by atoms with Crippen LogP contribution in [0.1, 0.15) is 0 Å². The Bertz CT molecular complexity index is 3820. The van der Waals surface area contributed by atoms with Gasteiger partial charge in [0.25, 0.3) is 0 Å². The molecule has 0 saturated heterocycles. The monoisotopic (exact) mass is 842 g/mol. The molecule has 2 aromatic heterocycles. The van der Waals surface area contributed by atoms with Crippen molar-refractivity contribution in [3.63, 3.8) is 0 Å². The molecule has 0 radical (unpaired) electrons. The third-order valence-corrected chi connectivity index (χ3v) is 13.6. The van der Waals surface area contributed by atoms with Gasteiger partial charge in [-0.1, -0.05) is 170 Å². The van der Waals surface area contributed by atoms with Crippen molar-refractivity contribution in [3.8, 4) is 0 Å². The zero-order chi connectivity index (χ0) is 43.3. The van der Waals surface area contributed by atoms with Crippen molar-refractivity contribution in [2.45, 2.75) is 0 Å². The van der Waals surface area contributed by atoms with Crippen LogP contribution in [0.2, 0.25) is 0 Å². The van der Waals surface area contributed by atoms with Crippen LogP contribution in [0.25, 0.3) is 97.7 Å². The third kappa shape index (κ3) is 5.45. The zero-order valence-corrected chi connectivity index (χ0v) is 35.7. The molecular weight excluding hydrogens is 805 g/mol. The van der Waals surface area contributed by atoms with Gasteiger partial charge in [0.1, 0.15) is 11.2 Å². The van der Waals surface area contributed by atoms with Crippen LogP contribution >= 0.6 is 0 Å². The van der Waals surface area contributed by atoms with Crippen molar-refractivity contribution in [3.05, 3.63) is 231 Å². The number of nitrogens with zero attached hydrogens (tertiary/aromatic N) is 2. The second kappa shape index (κ2) is 14.3. The summed E-state index contributed by atoms with van der Waals surface area (Å²) in [4.78, 5) is 4.76. The maximum absolute atomic E-state index is 7.12. The van der Waals surface area contributed by atoms with Gasteiger partial charge in [0.05, 0.1) is 22.7 Å². The first-order valence-corrected chi connectivity index (χ1v) is 22.5. The van der Waals surface area contributed by atoms with E-state index in [2.05, 4.69) is 240 Å². The van der Waals surface area contributed by atoms with Crippen molar-refractivity contribution < 1.29 is 8.83 Å². The molecule has 2 heterocycles. The van der Waals surface area contributed by atoms with E-state index in [1.165, 1.54) is 43.1 Å². The Morgan fingerprint density at radius 2 is 0.530 bits per heavy atom. The van der Waals surface area contributed by atoms with Crippen LogP contribution in [0, 0.1) is 0 Å². The fourth-order valence-corrected chi connectivity index (χ4v) is 10.7. The smallest absolute Gasteiger partial charge is 0.179 e. The summed E-state index contributed by atoms with van der Waals surface area (Å²) in [7, 11) is 0. The minimum absolute atomic E-state index is 0.746. The molecule has 12 aromatic carbocycles. The molecule has 66 heavy (non-hydrogen) atoms. The van der Waals surface area contributed by atoms with Crippen molar-refractivity contribution in [1.82, 2.24) is 0 Å². The molecule has 0 aliphatic rings. The zero-order valence-electron chi connectivity index (χ0n) is 35.7. The molecule has 308 valence electrons. The molecule has 0 aliphatic heterocycles. The largest absolute Gasteiger partial charge is 0.452 e. The van der Waals surface area contributed by atoms with Crippen molar-refractivity contribution >= 4 is 132 Å². The number of anilines is 6. The summed E-state index contributed by atoms with van der Waals surface area (Å²) in [5.41, 5.74) is 9.49. The van der Waals surface area contributed by atoms with E-state index in [0.29, 0.717) is 0 Å². The molecule has 0 spiro atoms. The molecule has 4 heteroatoms. The average Bonchev–Trinajstić information content (AvgIpc) is 3.96. The van der Waals surface area contributed by atoms with E-state index in [4.69, 9.17) is 8.83 Å². The first-order chi connectivity index (χ1) is 32.7. The molecule has 0 fully saturated rings. The Morgan fingerprint density at radius 3 is 0.864 bits per heavy atom. The molecule has 0 bridgehead atoms. The van der Waals surface area contributed by atoms with E-state index >= 15 is 0 Å². The minimum Gasteiger partial charge on any atom is -0.452 e. The first kappa shape index (κ1) is 36.6. The standard InChI is InChI=1S/C62H38N2O2/c1-5-23-45-39(15-1)19-11-29-53(45)63(54-30-12-20-40-16-2-6-24-46(40)54)43-33-35-51-57(37-43)65-61-59(51)49-27-9-10-28-50(49)60-52-36-34-44(38-58(52)66-62(60)61)64(55-31-13-21-41-17-3-7-25-47(41)55)56-32-14-22-42-18-4-8-26-48(42)56/h1-38H. The number of rotatable bonds is 6. The Labute approximate surface area is 379 Å². The van der Waals surface area contributed by atoms with Gasteiger partial charge >= 0.3 is 0 Å². The normalized spacial score (nSPS) is 11.9. The predicted octanol–water partition coefficient (Wildman–Crippen LogP) is 18.2. The summed E-state index contributed by atoms with van der Waals surface area (Å²) < 4.78 is 14.2. The molecule has 14 aromatic rings. The summed E-state index contributed by atoms with van der Waals surface area (Å²) >= 11 is 0. The van der Waals surface area contributed by atoms with Crippen LogP contribution in [-0.2, 0) is 0 Å². The number of benzene rings is 12. The van der Waals surface area contributed by atoms with Gasteiger partial charge in [-0.25, -0.2) is 0 Å². The van der Waals surface area contributed by atoms with Gasteiger partial charge in [0.2, 0.25) is 0 Å². The highest BCUT2D eigenvalue weighted by atomic mass is 16.4. The molecular formula is C62H38N2O2. The van der Waals surface area contributed by atoms with Crippen LogP contribution < -0.4 is 9.80 Å². The van der Waals surface area contributed by atoms with Gasteiger partial charge in [-0.3, -0.25) is 0 Å². The Hall–Kier alpha value is -8.86. The quantitative estimate of drug-likeness (QED) is 0.167. The highest BCUT2D eigenvalue weighted by Gasteiger charge is 2.25. The van der Waals surface area contributed by atoms with Crippen LogP contribution in [0.3, 0.4) is 0 Å². The van der Waals surface area contributed by atoms with Crippen molar-refractivity contribution in [2.24, 2.45) is 0 Å². The molecule has 4 nitrogen and oxygen atoms in total. The third-order valence-electron chi connectivity index (χ3n) is 13.6. The second-order valence-electron chi connectivity index (χ2n) is 17.2. The van der Waals surface area contributed by atoms with Crippen LogP contribution in [0.5, 0.6) is 0 Å². The Balaban J connectivity index is 1.01. The van der Waals surface area contributed by atoms with Crippen LogP contribution in [0.4, 0.5) is 34.1 Å². The average molecular weight is 843 g/mol. The maximum Gasteiger partial charge on any atom is 0.179 e. The summed E-state index contributed by atoms with van der Waals surface area (Å²) in [5.74, 6) is 0. The molecule has 14 rings (SSSR count). The number of hydrogen-bond donors (Lipinski definition) is 0. The molecule has 0 aliphatic carbocycles. The van der Waals surface area contributed by atoms with Gasteiger partial charge in [0, 0.05) is 66.6 Å². The van der Waals surface area contributed by atoms with Gasteiger partial charge in [-0.2, -0.15) is 0 Å². The van der Waals surface area contributed by atoms with E-state index < -0.39 is 0 Å². The number of furan rings is 2. The van der Waals surface area contributed by atoms with Gasteiger partial charge < -0.3 is 18.6 Å². The van der Waals surface area contributed by atoms with E-state index in [-0.39, 0.29) is 0 Å². The lowest BCUT2D eigenvalue weighted by Crippen LogP contribution is -2.11. The molecule has 0 atom stereocenters. The van der Waals surface area contributed by atoms with Crippen LogP contribution in [0.15, 0.2) is 239 Å².